The zero-order valence-electron chi connectivity index (χ0n) is 14.3. The van der Waals surface area contributed by atoms with Crippen LogP contribution in [0, 0.1) is 0 Å². The lowest BCUT2D eigenvalue weighted by Gasteiger charge is -2.25. The van der Waals surface area contributed by atoms with Crippen LogP contribution < -0.4 is 5.43 Å². The number of pyridine rings is 2. The Balaban J connectivity index is 2.14. The van der Waals surface area contributed by atoms with Gasteiger partial charge < -0.3 is 4.90 Å². The van der Waals surface area contributed by atoms with E-state index < -0.39 is 0 Å². The largest absolute Gasteiger partial charge is 0.308 e. The zero-order valence-corrected chi connectivity index (χ0v) is 15.2. The molecule has 2 rings (SSSR count). The molecule has 0 spiro atoms. The summed E-state index contributed by atoms with van der Waals surface area (Å²) >= 11 is 4.58. The molecule has 0 amide bonds. The number of thiol groups is 1. The molecule has 0 saturated carbocycles. The summed E-state index contributed by atoms with van der Waals surface area (Å²) in [6, 6.07) is 11.5. The van der Waals surface area contributed by atoms with Crippen LogP contribution in [0.15, 0.2) is 53.9 Å². The van der Waals surface area contributed by atoms with Crippen molar-refractivity contribution in [3.63, 3.8) is 0 Å². The first-order valence-electron chi connectivity index (χ1n) is 7.77. The first kappa shape index (κ1) is 18.4. The van der Waals surface area contributed by atoms with Crippen LogP contribution in [0.25, 0.3) is 0 Å². The van der Waals surface area contributed by atoms with Gasteiger partial charge in [-0.1, -0.05) is 12.1 Å². The van der Waals surface area contributed by atoms with E-state index in [9.17, 15) is 0 Å². The lowest BCUT2D eigenvalue weighted by molar-refractivity contribution is 0.248. The summed E-state index contributed by atoms with van der Waals surface area (Å²) in [4.78, 5) is 13.0. The maximum Gasteiger partial charge on any atom is 0.140 e. The Morgan fingerprint density at radius 2 is 1.62 bits per heavy atom. The first-order chi connectivity index (χ1) is 11.6. The summed E-state index contributed by atoms with van der Waals surface area (Å²) < 4.78 is 0. The van der Waals surface area contributed by atoms with Crippen LogP contribution in [-0.4, -0.2) is 65.2 Å². The van der Waals surface area contributed by atoms with Crippen LogP contribution >= 0.6 is 12.6 Å². The lowest BCUT2D eigenvalue weighted by Crippen LogP contribution is -2.40. The highest BCUT2D eigenvalue weighted by molar-refractivity contribution is 7.80. The van der Waals surface area contributed by atoms with Crippen molar-refractivity contribution >= 4 is 18.3 Å². The van der Waals surface area contributed by atoms with E-state index in [1.54, 1.807) is 12.4 Å². The van der Waals surface area contributed by atoms with E-state index in [0.29, 0.717) is 5.71 Å². The molecule has 7 heteroatoms. The van der Waals surface area contributed by atoms with Gasteiger partial charge in [0, 0.05) is 25.5 Å². The third kappa shape index (κ3) is 5.59. The van der Waals surface area contributed by atoms with E-state index in [0.717, 1.165) is 24.5 Å². The second kappa shape index (κ2) is 9.36. The molecule has 2 aromatic heterocycles. The molecule has 2 heterocycles. The Labute approximate surface area is 149 Å². The van der Waals surface area contributed by atoms with E-state index in [-0.39, 0.29) is 5.50 Å². The number of aromatic nitrogens is 2. The second-order valence-corrected chi connectivity index (χ2v) is 6.17. The van der Waals surface area contributed by atoms with Gasteiger partial charge in [-0.15, -0.1) is 12.6 Å². The van der Waals surface area contributed by atoms with Crippen molar-refractivity contribution in [3.05, 3.63) is 60.2 Å². The standard InChI is InChI=1S/C17H24N6S/c1-22(2)12-13-23(3)17(24)21-20-16(14-8-4-6-10-18-14)15-9-5-7-11-19-15/h4-11,17,21,24H,12-13H2,1-3H3. The van der Waals surface area contributed by atoms with Gasteiger partial charge in [0.25, 0.3) is 0 Å². The second-order valence-electron chi connectivity index (χ2n) is 5.68. The molecule has 128 valence electrons. The van der Waals surface area contributed by atoms with Crippen LogP contribution in [0.1, 0.15) is 11.4 Å². The van der Waals surface area contributed by atoms with E-state index in [2.05, 4.69) is 42.9 Å². The maximum absolute atomic E-state index is 4.58. The van der Waals surface area contributed by atoms with Crippen molar-refractivity contribution in [2.24, 2.45) is 5.10 Å². The number of hydrogen-bond donors (Lipinski definition) is 2. The van der Waals surface area contributed by atoms with Gasteiger partial charge in [0.15, 0.2) is 0 Å². The summed E-state index contributed by atoms with van der Waals surface area (Å²) in [5, 5.41) is 4.52. The number of hydrazone groups is 1. The van der Waals surface area contributed by atoms with E-state index in [4.69, 9.17) is 0 Å². The summed E-state index contributed by atoms with van der Waals surface area (Å²) in [5.74, 6) is 0. The molecule has 0 radical (unpaired) electrons. The van der Waals surface area contributed by atoms with Crippen molar-refractivity contribution in [1.82, 2.24) is 25.2 Å². The fourth-order valence-corrected chi connectivity index (χ4v) is 2.13. The molecule has 1 unspecified atom stereocenters. The van der Waals surface area contributed by atoms with Crippen LogP contribution in [0.4, 0.5) is 0 Å². The first-order valence-corrected chi connectivity index (χ1v) is 8.28. The topological polar surface area (TPSA) is 56.6 Å². The number of likely N-dealkylation sites (N-methyl/N-ethyl adjacent to an activating group) is 2. The average molecular weight is 344 g/mol. The Hall–Kier alpha value is -1.96. The molecule has 1 atom stereocenters. The number of nitrogens with zero attached hydrogens (tertiary/aromatic N) is 5. The molecule has 0 aliphatic carbocycles. The molecule has 0 aromatic carbocycles. The average Bonchev–Trinajstić information content (AvgIpc) is 2.61. The minimum Gasteiger partial charge on any atom is -0.308 e. The third-order valence-corrected chi connectivity index (χ3v) is 3.93. The Morgan fingerprint density at radius 1 is 1.04 bits per heavy atom. The molecule has 6 nitrogen and oxygen atoms in total. The molecule has 1 N–H and O–H groups in total. The number of hydrogen-bond acceptors (Lipinski definition) is 7. The predicted molar refractivity (Wildman–Crippen MR) is 101 cm³/mol. The van der Waals surface area contributed by atoms with Gasteiger partial charge in [0.2, 0.25) is 0 Å². The highest BCUT2D eigenvalue weighted by atomic mass is 32.1. The van der Waals surface area contributed by atoms with Gasteiger partial charge in [-0.25, -0.2) is 0 Å². The Kier molecular flexibility index (Phi) is 7.17. The van der Waals surface area contributed by atoms with Crippen molar-refractivity contribution in [1.29, 1.82) is 0 Å². The Morgan fingerprint density at radius 3 is 2.08 bits per heavy atom. The third-order valence-electron chi connectivity index (χ3n) is 3.42. The fourth-order valence-electron chi connectivity index (χ4n) is 1.95. The quantitative estimate of drug-likeness (QED) is 0.329. The molecular weight excluding hydrogens is 320 g/mol. The van der Waals surface area contributed by atoms with Gasteiger partial charge in [0.1, 0.15) is 11.2 Å². The van der Waals surface area contributed by atoms with E-state index in [1.807, 2.05) is 57.5 Å². The molecule has 0 aliphatic heterocycles. The van der Waals surface area contributed by atoms with Crippen LogP contribution in [0.5, 0.6) is 0 Å². The van der Waals surface area contributed by atoms with E-state index >= 15 is 0 Å². The van der Waals surface area contributed by atoms with Crippen LogP contribution in [0.3, 0.4) is 0 Å². The number of nitrogens with one attached hydrogen (secondary N) is 1. The molecule has 0 aliphatic rings. The SMILES string of the molecule is CN(C)CCN(C)C(S)NN=C(c1ccccn1)c1ccccn1. The van der Waals surface area contributed by atoms with Crippen LogP contribution in [-0.2, 0) is 0 Å². The molecule has 0 fully saturated rings. The van der Waals surface area contributed by atoms with Crippen molar-refractivity contribution < 1.29 is 0 Å². The van der Waals surface area contributed by atoms with Gasteiger partial charge in [-0.05, 0) is 45.4 Å². The highest BCUT2D eigenvalue weighted by Gasteiger charge is 2.12. The van der Waals surface area contributed by atoms with Gasteiger partial charge in [0.05, 0.1) is 11.4 Å². The van der Waals surface area contributed by atoms with Crippen molar-refractivity contribution in [2.75, 3.05) is 34.2 Å². The maximum atomic E-state index is 4.58. The molecular formula is C17H24N6S. The summed E-state index contributed by atoms with van der Waals surface area (Å²) in [6.45, 7) is 1.83. The molecule has 0 bridgehead atoms. The fraction of sp³-hybridized carbons (Fsp3) is 0.353. The van der Waals surface area contributed by atoms with Gasteiger partial charge >= 0.3 is 0 Å². The molecule has 24 heavy (non-hydrogen) atoms. The monoisotopic (exact) mass is 344 g/mol. The Bertz CT molecular complexity index is 591. The van der Waals surface area contributed by atoms with Crippen LogP contribution in [0.2, 0.25) is 0 Å². The highest BCUT2D eigenvalue weighted by Crippen LogP contribution is 2.06. The van der Waals surface area contributed by atoms with Gasteiger partial charge in [-0.2, -0.15) is 5.10 Å². The normalized spacial score (nSPS) is 12.2. The summed E-state index contributed by atoms with van der Waals surface area (Å²) in [7, 11) is 6.10. The van der Waals surface area contributed by atoms with Gasteiger partial charge in [-0.3, -0.25) is 20.3 Å². The lowest BCUT2D eigenvalue weighted by atomic mass is 10.1. The van der Waals surface area contributed by atoms with Crippen molar-refractivity contribution in [3.8, 4) is 0 Å². The smallest absolute Gasteiger partial charge is 0.140 e. The zero-order chi connectivity index (χ0) is 17.4. The van der Waals surface area contributed by atoms with E-state index in [1.165, 1.54) is 0 Å². The van der Waals surface area contributed by atoms with Crippen molar-refractivity contribution in [2.45, 2.75) is 5.50 Å². The molecule has 2 aromatic rings. The molecule has 0 saturated heterocycles. The minimum atomic E-state index is -0.202. The number of rotatable bonds is 8. The summed E-state index contributed by atoms with van der Waals surface area (Å²) in [6.07, 6.45) is 3.49. The predicted octanol–water partition coefficient (Wildman–Crippen LogP) is 1.53. The minimum absolute atomic E-state index is 0.202. The summed E-state index contributed by atoms with van der Waals surface area (Å²) in [5.41, 5.74) is 5.10.